The van der Waals surface area contributed by atoms with E-state index < -0.39 is 6.10 Å². The van der Waals surface area contributed by atoms with Crippen molar-refractivity contribution in [3.8, 4) is 0 Å². The molecule has 5 N–H and O–H groups in total. The smallest absolute Gasteiger partial charge is 0.0789 e. The number of β-amino-alcohol motifs (C(OH)–C–C–N with tert-alkyl or cyclic N) is 1. The second kappa shape index (κ2) is 9.09. The lowest BCUT2D eigenvalue weighted by molar-refractivity contribution is 0.0628. The van der Waals surface area contributed by atoms with Crippen LogP contribution in [0.3, 0.4) is 0 Å². The summed E-state index contributed by atoms with van der Waals surface area (Å²) in [5.41, 5.74) is 10.0. The maximum atomic E-state index is 9.45. The summed E-state index contributed by atoms with van der Waals surface area (Å²) in [6.07, 6.45) is 0.708. The second-order valence-electron chi connectivity index (χ2n) is 4.51. The highest BCUT2D eigenvalue weighted by Crippen LogP contribution is 2.13. The van der Waals surface area contributed by atoms with E-state index in [1.807, 2.05) is 0 Å². The summed E-state index contributed by atoms with van der Waals surface area (Å²) in [6.45, 7) is 10.7. The Balaban J connectivity index is 0. The van der Waals surface area contributed by atoms with E-state index in [9.17, 15) is 5.11 Å². The molecule has 4 nitrogen and oxygen atoms in total. The fraction of sp³-hybridized carbons (Fsp3) is 1.00. The van der Waals surface area contributed by atoms with Crippen LogP contribution in [-0.2, 0) is 0 Å². The normalized spacial score (nSPS) is 13.4. The van der Waals surface area contributed by atoms with Gasteiger partial charge in [-0.25, -0.2) is 0 Å². The molecule has 94 valence electrons. The molecule has 0 saturated carbocycles. The number of rotatable bonds is 5. The first-order chi connectivity index (χ1) is 6.91. The maximum Gasteiger partial charge on any atom is 0.0789 e. The molecular weight excluding hydrogens is 190 g/mol. The van der Waals surface area contributed by atoms with Gasteiger partial charge in [0.15, 0.2) is 0 Å². The molecule has 0 aliphatic rings. The van der Waals surface area contributed by atoms with Gasteiger partial charge in [0.25, 0.3) is 0 Å². The number of hydrogen-bond acceptors (Lipinski definition) is 4. The van der Waals surface area contributed by atoms with E-state index in [-0.39, 0.29) is 5.54 Å². The summed E-state index contributed by atoms with van der Waals surface area (Å²) in [6, 6.07) is 0. The molecular formula is C11H29N3O. The van der Waals surface area contributed by atoms with E-state index in [1.54, 1.807) is 0 Å². The minimum absolute atomic E-state index is 0.117. The van der Waals surface area contributed by atoms with Gasteiger partial charge < -0.3 is 16.6 Å². The Bertz CT molecular complexity index is 134. The molecule has 1 unspecified atom stereocenters. The molecule has 0 aliphatic heterocycles. The van der Waals surface area contributed by atoms with E-state index in [0.29, 0.717) is 13.1 Å². The molecule has 15 heavy (non-hydrogen) atoms. The highest BCUT2D eigenvalue weighted by atomic mass is 16.3. The largest absolute Gasteiger partial charge is 0.390 e. The van der Waals surface area contributed by atoms with Gasteiger partial charge in [-0.15, -0.1) is 0 Å². The van der Waals surface area contributed by atoms with Crippen LogP contribution in [0.2, 0.25) is 0 Å². The fourth-order valence-electron chi connectivity index (χ4n) is 1.30. The molecule has 0 aromatic rings. The first kappa shape index (κ1) is 17.2. The highest BCUT2D eigenvalue weighted by Gasteiger charge is 2.22. The Kier molecular flexibility index (Phi) is 10.5. The Morgan fingerprint density at radius 2 is 1.73 bits per heavy atom. The number of nitrogens with zero attached hydrogens (tertiary/aromatic N) is 1. The Hall–Kier alpha value is -0.160. The SMILES string of the molecule is CCCN(CC(O)CN)C(C)(C)C.CN. The molecule has 0 aromatic heterocycles. The third-order valence-corrected chi connectivity index (χ3v) is 2.15. The topological polar surface area (TPSA) is 75.5 Å². The molecule has 0 saturated heterocycles. The lowest BCUT2D eigenvalue weighted by Crippen LogP contribution is -2.47. The summed E-state index contributed by atoms with van der Waals surface area (Å²) >= 11 is 0. The summed E-state index contributed by atoms with van der Waals surface area (Å²) in [5, 5.41) is 9.45. The Labute approximate surface area is 94.6 Å². The molecule has 0 heterocycles. The third kappa shape index (κ3) is 8.81. The predicted molar refractivity (Wildman–Crippen MR) is 66.8 cm³/mol. The van der Waals surface area contributed by atoms with Crippen LogP contribution in [0.25, 0.3) is 0 Å². The molecule has 1 atom stereocenters. The van der Waals surface area contributed by atoms with Gasteiger partial charge in [-0.05, 0) is 40.8 Å². The first-order valence-corrected chi connectivity index (χ1v) is 5.62. The highest BCUT2D eigenvalue weighted by molar-refractivity contribution is 4.78. The number of hydrogen-bond donors (Lipinski definition) is 3. The van der Waals surface area contributed by atoms with Crippen molar-refractivity contribution in [2.24, 2.45) is 11.5 Å². The minimum atomic E-state index is -0.397. The molecule has 0 rings (SSSR count). The zero-order valence-electron chi connectivity index (χ0n) is 11.0. The lowest BCUT2D eigenvalue weighted by Gasteiger charge is -2.36. The number of aliphatic hydroxyl groups excluding tert-OH is 1. The van der Waals surface area contributed by atoms with Gasteiger partial charge in [-0.2, -0.15) is 0 Å². The minimum Gasteiger partial charge on any atom is -0.390 e. The van der Waals surface area contributed by atoms with Crippen LogP contribution in [0, 0.1) is 0 Å². The Morgan fingerprint density at radius 1 is 1.27 bits per heavy atom. The molecule has 0 aliphatic carbocycles. The molecule has 0 radical (unpaired) electrons. The van der Waals surface area contributed by atoms with E-state index in [1.165, 1.54) is 7.05 Å². The molecule has 0 amide bonds. The van der Waals surface area contributed by atoms with Gasteiger partial charge in [-0.3, -0.25) is 4.90 Å². The summed E-state index contributed by atoms with van der Waals surface area (Å²) in [4.78, 5) is 2.27. The van der Waals surface area contributed by atoms with Gasteiger partial charge in [0.2, 0.25) is 0 Å². The Morgan fingerprint density at radius 3 is 2.00 bits per heavy atom. The van der Waals surface area contributed by atoms with Crippen LogP contribution < -0.4 is 11.5 Å². The predicted octanol–water partition coefficient (Wildman–Crippen LogP) is 0.391. The fourth-order valence-corrected chi connectivity index (χ4v) is 1.30. The second-order valence-corrected chi connectivity index (χ2v) is 4.51. The van der Waals surface area contributed by atoms with Gasteiger partial charge in [0.1, 0.15) is 0 Å². The van der Waals surface area contributed by atoms with E-state index in [2.05, 4.69) is 38.3 Å². The van der Waals surface area contributed by atoms with Gasteiger partial charge >= 0.3 is 0 Å². The standard InChI is InChI=1S/C10H24N2O.CH5N/c1-5-6-12(10(2,3)4)8-9(13)7-11;1-2/h9,13H,5-8,11H2,1-4H3;2H2,1H3. The van der Waals surface area contributed by atoms with E-state index in [0.717, 1.165) is 13.0 Å². The van der Waals surface area contributed by atoms with Crippen LogP contribution in [0.5, 0.6) is 0 Å². The van der Waals surface area contributed by atoms with Crippen LogP contribution >= 0.6 is 0 Å². The van der Waals surface area contributed by atoms with Gasteiger partial charge in [0, 0.05) is 18.6 Å². The van der Waals surface area contributed by atoms with Gasteiger partial charge in [-0.1, -0.05) is 6.92 Å². The summed E-state index contributed by atoms with van der Waals surface area (Å²) < 4.78 is 0. The zero-order valence-corrected chi connectivity index (χ0v) is 11.0. The van der Waals surface area contributed by atoms with Crippen molar-refractivity contribution in [1.82, 2.24) is 4.90 Å². The lowest BCUT2D eigenvalue weighted by atomic mass is 10.0. The van der Waals surface area contributed by atoms with Crippen molar-refractivity contribution in [2.75, 3.05) is 26.7 Å². The number of aliphatic hydroxyl groups is 1. The van der Waals surface area contributed by atoms with Crippen molar-refractivity contribution in [3.05, 3.63) is 0 Å². The van der Waals surface area contributed by atoms with Crippen LogP contribution in [0.4, 0.5) is 0 Å². The van der Waals surface area contributed by atoms with Crippen molar-refractivity contribution >= 4 is 0 Å². The number of nitrogens with two attached hydrogens (primary N) is 2. The average molecular weight is 219 g/mol. The average Bonchev–Trinajstić information content (AvgIpc) is 2.18. The van der Waals surface area contributed by atoms with Gasteiger partial charge in [0.05, 0.1) is 6.10 Å². The van der Waals surface area contributed by atoms with Crippen molar-refractivity contribution in [3.63, 3.8) is 0 Å². The van der Waals surface area contributed by atoms with Crippen molar-refractivity contribution < 1.29 is 5.11 Å². The zero-order chi connectivity index (χ0) is 12.5. The molecule has 0 bridgehead atoms. The van der Waals surface area contributed by atoms with Crippen LogP contribution in [-0.4, -0.2) is 48.3 Å². The van der Waals surface area contributed by atoms with Crippen LogP contribution in [0.1, 0.15) is 34.1 Å². The van der Waals surface area contributed by atoms with Crippen molar-refractivity contribution in [2.45, 2.75) is 45.8 Å². The third-order valence-electron chi connectivity index (χ3n) is 2.15. The molecule has 0 spiro atoms. The maximum absolute atomic E-state index is 9.45. The molecule has 0 aromatic carbocycles. The molecule has 4 heteroatoms. The van der Waals surface area contributed by atoms with E-state index in [4.69, 9.17) is 5.73 Å². The molecule has 0 fully saturated rings. The summed E-state index contributed by atoms with van der Waals surface area (Å²) in [5.74, 6) is 0. The van der Waals surface area contributed by atoms with Crippen molar-refractivity contribution in [1.29, 1.82) is 0 Å². The first-order valence-electron chi connectivity index (χ1n) is 5.62. The monoisotopic (exact) mass is 219 g/mol. The summed E-state index contributed by atoms with van der Waals surface area (Å²) in [7, 11) is 1.50. The van der Waals surface area contributed by atoms with E-state index >= 15 is 0 Å². The quantitative estimate of drug-likeness (QED) is 0.625. The van der Waals surface area contributed by atoms with Crippen LogP contribution in [0.15, 0.2) is 0 Å².